The van der Waals surface area contributed by atoms with Gasteiger partial charge in [0.15, 0.2) is 5.17 Å². The molecule has 0 aromatic heterocycles. The third-order valence-corrected chi connectivity index (χ3v) is 5.33. The third-order valence-electron chi connectivity index (χ3n) is 4.13. The van der Waals surface area contributed by atoms with Gasteiger partial charge in [0.1, 0.15) is 0 Å². The summed E-state index contributed by atoms with van der Waals surface area (Å²) in [6.07, 6.45) is 2.21. The molecule has 0 saturated carbocycles. The van der Waals surface area contributed by atoms with Crippen LogP contribution in [-0.4, -0.2) is 60.8 Å². The first-order valence-corrected chi connectivity index (χ1v) is 7.63. The Morgan fingerprint density at radius 1 is 1.39 bits per heavy atom. The van der Waals surface area contributed by atoms with Crippen molar-refractivity contribution in [2.45, 2.75) is 37.8 Å². The van der Waals surface area contributed by atoms with Gasteiger partial charge in [0.05, 0.1) is 12.1 Å². The molecule has 0 amide bonds. The molecule has 4 nitrogen and oxygen atoms in total. The molecule has 2 rings (SSSR count). The molecule has 2 aliphatic rings. The van der Waals surface area contributed by atoms with Crippen LogP contribution in [-0.2, 0) is 4.74 Å². The number of thioether (sulfide) groups is 1. The van der Waals surface area contributed by atoms with Crippen LogP contribution in [0.15, 0.2) is 4.99 Å². The molecule has 0 bridgehead atoms. The van der Waals surface area contributed by atoms with E-state index in [0.717, 1.165) is 43.5 Å². The molecule has 2 saturated heterocycles. The van der Waals surface area contributed by atoms with Crippen molar-refractivity contribution in [2.24, 2.45) is 4.99 Å². The highest BCUT2D eigenvalue weighted by Gasteiger charge is 2.38. The summed E-state index contributed by atoms with van der Waals surface area (Å²) in [6.45, 7) is 7.04. The third kappa shape index (κ3) is 3.19. The molecule has 0 unspecified atom stereocenters. The monoisotopic (exact) mass is 271 g/mol. The summed E-state index contributed by atoms with van der Waals surface area (Å²) in [6, 6.07) is 0. The molecule has 0 aliphatic carbocycles. The molecule has 0 radical (unpaired) electrons. The average molecular weight is 271 g/mol. The van der Waals surface area contributed by atoms with Gasteiger partial charge in [-0.25, -0.2) is 0 Å². The summed E-state index contributed by atoms with van der Waals surface area (Å²) in [4.78, 5) is 6.97. The number of amidine groups is 1. The second-order valence-electron chi connectivity index (χ2n) is 6.13. The maximum Gasteiger partial charge on any atom is 0.157 e. The highest BCUT2D eigenvalue weighted by molar-refractivity contribution is 8.14. The lowest BCUT2D eigenvalue weighted by Crippen LogP contribution is -2.48. The van der Waals surface area contributed by atoms with Crippen molar-refractivity contribution in [3.63, 3.8) is 0 Å². The minimum absolute atomic E-state index is 0.112. The van der Waals surface area contributed by atoms with Crippen molar-refractivity contribution < 1.29 is 4.74 Å². The van der Waals surface area contributed by atoms with E-state index in [1.165, 1.54) is 0 Å². The smallest absolute Gasteiger partial charge is 0.157 e. The number of nitrogens with one attached hydrogen (secondary N) is 1. The highest BCUT2D eigenvalue weighted by atomic mass is 32.2. The first-order valence-electron chi connectivity index (χ1n) is 6.64. The molecule has 104 valence electrons. The molecule has 2 fully saturated rings. The topological polar surface area (TPSA) is 36.9 Å². The van der Waals surface area contributed by atoms with Crippen molar-refractivity contribution >= 4 is 16.9 Å². The Morgan fingerprint density at radius 3 is 2.67 bits per heavy atom. The Morgan fingerprint density at radius 2 is 2.06 bits per heavy atom. The number of rotatable bonds is 3. The van der Waals surface area contributed by atoms with Crippen LogP contribution in [0, 0.1) is 0 Å². The van der Waals surface area contributed by atoms with E-state index in [4.69, 9.17) is 9.73 Å². The Bertz CT molecular complexity index is 322. The van der Waals surface area contributed by atoms with Gasteiger partial charge in [0.2, 0.25) is 0 Å². The van der Waals surface area contributed by atoms with E-state index in [2.05, 4.69) is 38.2 Å². The molecule has 2 aliphatic heterocycles. The molecule has 1 spiro atoms. The number of likely N-dealkylation sites (N-methyl/N-ethyl adjacent to an activating group) is 1. The Kier molecular flexibility index (Phi) is 4.24. The molecular formula is C13H25N3OS. The van der Waals surface area contributed by atoms with E-state index in [-0.39, 0.29) is 11.1 Å². The summed E-state index contributed by atoms with van der Waals surface area (Å²) >= 11 is 1.86. The van der Waals surface area contributed by atoms with E-state index in [1.807, 2.05) is 11.8 Å². The van der Waals surface area contributed by atoms with Gasteiger partial charge in [0, 0.05) is 24.5 Å². The fourth-order valence-electron chi connectivity index (χ4n) is 2.03. The second kappa shape index (κ2) is 5.39. The van der Waals surface area contributed by atoms with Crippen LogP contribution in [0.3, 0.4) is 0 Å². The Hall–Kier alpha value is -0.260. The predicted molar refractivity (Wildman–Crippen MR) is 78.4 cm³/mol. The summed E-state index contributed by atoms with van der Waals surface area (Å²) < 4.78 is 5.44. The van der Waals surface area contributed by atoms with Gasteiger partial charge < -0.3 is 15.0 Å². The van der Waals surface area contributed by atoms with Crippen LogP contribution in [0.25, 0.3) is 0 Å². The van der Waals surface area contributed by atoms with Crippen LogP contribution < -0.4 is 5.32 Å². The van der Waals surface area contributed by atoms with Crippen molar-refractivity contribution in [2.75, 3.05) is 39.6 Å². The zero-order valence-electron chi connectivity index (χ0n) is 12.0. The fourth-order valence-corrected chi connectivity index (χ4v) is 3.25. The molecule has 0 atom stereocenters. The summed E-state index contributed by atoms with van der Waals surface area (Å²) in [5.41, 5.74) is 0.366. The lowest BCUT2D eigenvalue weighted by Gasteiger charge is -2.33. The molecule has 0 aromatic carbocycles. The molecule has 2 heterocycles. The zero-order valence-corrected chi connectivity index (χ0v) is 12.8. The van der Waals surface area contributed by atoms with Gasteiger partial charge in [-0.05, 0) is 40.8 Å². The van der Waals surface area contributed by atoms with Gasteiger partial charge in [0.25, 0.3) is 0 Å². The molecule has 5 heteroatoms. The van der Waals surface area contributed by atoms with Crippen LogP contribution >= 0.6 is 11.8 Å². The maximum atomic E-state index is 5.44. The largest absolute Gasteiger partial charge is 0.381 e. The molecule has 1 N–H and O–H groups in total. The number of ether oxygens (including phenoxy) is 1. The quantitative estimate of drug-likeness (QED) is 0.845. The SMILES string of the molecule is CN(C)C(C)(C)CN=C1NC2(CCOCC2)CS1. The van der Waals surface area contributed by atoms with Gasteiger partial charge in [-0.3, -0.25) is 4.99 Å². The second-order valence-corrected chi connectivity index (χ2v) is 7.10. The number of aliphatic imine (C=N–C) groups is 1. The van der Waals surface area contributed by atoms with Crippen LogP contribution in [0.4, 0.5) is 0 Å². The van der Waals surface area contributed by atoms with Crippen LogP contribution in [0.5, 0.6) is 0 Å². The first kappa shape index (κ1) is 14.2. The normalized spacial score (nSPS) is 25.9. The minimum atomic E-state index is 0.112. The van der Waals surface area contributed by atoms with Gasteiger partial charge in [-0.1, -0.05) is 11.8 Å². The van der Waals surface area contributed by atoms with Crippen molar-refractivity contribution in [3.05, 3.63) is 0 Å². The standard InChI is InChI=1S/C13H25N3OS/c1-12(2,16(3)4)9-14-11-15-13(10-18-11)5-7-17-8-6-13/h5-10H2,1-4H3,(H,14,15). The first-order chi connectivity index (χ1) is 8.44. The zero-order chi connectivity index (χ0) is 13.2. The lowest BCUT2D eigenvalue weighted by atomic mass is 9.93. The van der Waals surface area contributed by atoms with E-state index in [0.29, 0.717) is 0 Å². The molecular weight excluding hydrogens is 246 g/mol. The Balaban J connectivity index is 1.92. The highest BCUT2D eigenvalue weighted by Crippen LogP contribution is 2.31. The maximum absolute atomic E-state index is 5.44. The Labute approximate surface area is 115 Å². The van der Waals surface area contributed by atoms with Crippen LogP contribution in [0.2, 0.25) is 0 Å². The van der Waals surface area contributed by atoms with Crippen molar-refractivity contribution in [1.82, 2.24) is 10.2 Å². The van der Waals surface area contributed by atoms with E-state index in [1.54, 1.807) is 0 Å². The lowest BCUT2D eigenvalue weighted by molar-refractivity contribution is 0.0555. The van der Waals surface area contributed by atoms with Gasteiger partial charge in [-0.15, -0.1) is 0 Å². The molecule has 0 aromatic rings. The van der Waals surface area contributed by atoms with E-state index < -0.39 is 0 Å². The van der Waals surface area contributed by atoms with E-state index >= 15 is 0 Å². The van der Waals surface area contributed by atoms with Crippen molar-refractivity contribution in [1.29, 1.82) is 0 Å². The minimum Gasteiger partial charge on any atom is -0.381 e. The number of hydrogen-bond donors (Lipinski definition) is 1. The van der Waals surface area contributed by atoms with Gasteiger partial charge in [-0.2, -0.15) is 0 Å². The molecule has 18 heavy (non-hydrogen) atoms. The average Bonchev–Trinajstić information content (AvgIpc) is 2.71. The summed E-state index contributed by atoms with van der Waals surface area (Å²) in [5, 5.41) is 4.75. The van der Waals surface area contributed by atoms with Gasteiger partial charge >= 0.3 is 0 Å². The summed E-state index contributed by atoms with van der Waals surface area (Å²) in [5.74, 6) is 1.14. The number of nitrogens with zero attached hydrogens (tertiary/aromatic N) is 2. The fraction of sp³-hybridized carbons (Fsp3) is 0.923. The van der Waals surface area contributed by atoms with Crippen LogP contribution in [0.1, 0.15) is 26.7 Å². The van der Waals surface area contributed by atoms with Crippen molar-refractivity contribution in [3.8, 4) is 0 Å². The predicted octanol–water partition coefficient (Wildman–Crippen LogP) is 1.57. The summed E-state index contributed by atoms with van der Waals surface area (Å²) in [7, 11) is 4.21. The number of hydrogen-bond acceptors (Lipinski definition) is 4. The van der Waals surface area contributed by atoms with E-state index in [9.17, 15) is 0 Å².